The number of piperazine rings is 1. The van der Waals surface area contributed by atoms with Crippen molar-refractivity contribution in [3.63, 3.8) is 0 Å². The van der Waals surface area contributed by atoms with Gasteiger partial charge in [-0.3, -0.25) is 19.7 Å². The van der Waals surface area contributed by atoms with Crippen molar-refractivity contribution >= 4 is 5.91 Å². The van der Waals surface area contributed by atoms with Crippen LogP contribution in [0.5, 0.6) is 0 Å². The average molecular weight is 235 g/mol. The Hall–Kier alpha value is -1.53. The van der Waals surface area contributed by atoms with Gasteiger partial charge in [0.1, 0.15) is 5.54 Å². The molecule has 1 aliphatic rings. The van der Waals surface area contributed by atoms with Crippen molar-refractivity contribution in [3.05, 3.63) is 24.3 Å². The van der Waals surface area contributed by atoms with E-state index in [9.17, 15) is 4.79 Å². The molecule has 1 aromatic rings. The summed E-state index contributed by atoms with van der Waals surface area (Å²) >= 11 is 0. The molecule has 6 nitrogen and oxygen atoms in total. The van der Waals surface area contributed by atoms with Gasteiger partial charge in [-0.15, -0.1) is 0 Å². The zero-order chi connectivity index (χ0) is 12.3. The molecule has 17 heavy (non-hydrogen) atoms. The van der Waals surface area contributed by atoms with Gasteiger partial charge in [-0.05, 0) is 6.92 Å². The molecule has 2 heterocycles. The second-order valence-corrected chi connectivity index (χ2v) is 4.26. The Kier molecular flexibility index (Phi) is 3.35. The van der Waals surface area contributed by atoms with Crippen molar-refractivity contribution in [2.75, 3.05) is 26.2 Å². The van der Waals surface area contributed by atoms with Gasteiger partial charge in [-0.1, -0.05) is 0 Å². The summed E-state index contributed by atoms with van der Waals surface area (Å²) in [4.78, 5) is 22.1. The van der Waals surface area contributed by atoms with Crippen LogP contribution in [0.4, 0.5) is 0 Å². The Morgan fingerprint density at radius 3 is 2.71 bits per heavy atom. The number of nitrogens with one attached hydrogen (secondary N) is 1. The van der Waals surface area contributed by atoms with Gasteiger partial charge < -0.3 is 11.1 Å². The molecule has 1 aliphatic heterocycles. The van der Waals surface area contributed by atoms with E-state index in [-0.39, 0.29) is 5.91 Å². The first kappa shape index (κ1) is 11.9. The Balaban J connectivity index is 2.35. The fourth-order valence-electron chi connectivity index (χ4n) is 2.11. The summed E-state index contributed by atoms with van der Waals surface area (Å²) in [5, 5.41) is 3.25. The van der Waals surface area contributed by atoms with E-state index < -0.39 is 5.54 Å². The molecule has 0 spiro atoms. The lowest BCUT2D eigenvalue weighted by molar-refractivity contribution is -0.130. The monoisotopic (exact) mass is 235 g/mol. The minimum atomic E-state index is -0.879. The zero-order valence-corrected chi connectivity index (χ0v) is 9.89. The highest BCUT2D eigenvalue weighted by molar-refractivity contribution is 5.85. The molecule has 1 saturated heterocycles. The molecule has 1 aromatic heterocycles. The van der Waals surface area contributed by atoms with Gasteiger partial charge in [0.05, 0.1) is 11.9 Å². The third-order valence-electron chi connectivity index (χ3n) is 3.29. The molecular weight excluding hydrogens is 218 g/mol. The second-order valence-electron chi connectivity index (χ2n) is 4.26. The highest BCUT2D eigenvalue weighted by atomic mass is 16.1. The molecule has 0 aliphatic carbocycles. The van der Waals surface area contributed by atoms with E-state index in [1.165, 1.54) is 0 Å². The predicted molar refractivity (Wildman–Crippen MR) is 63.0 cm³/mol. The van der Waals surface area contributed by atoms with Crippen LogP contribution < -0.4 is 11.1 Å². The summed E-state index contributed by atoms with van der Waals surface area (Å²) in [7, 11) is 0. The number of hydrogen-bond acceptors (Lipinski definition) is 5. The molecule has 3 N–H and O–H groups in total. The maximum atomic E-state index is 11.8. The molecule has 0 aromatic carbocycles. The third-order valence-corrected chi connectivity index (χ3v) is 3.29. The van der Waals surface area contributed by atoms with Crippen LogP contribution in [-0.4, -0.2) is 47.0 Å². The number of nitrogens with zero attached hydrogens (tertiary/aromatic N) is 3. The highest BCUT2D eigenvalue weighted by Gasteiger charge is 2.41. The summed E-state index contributed by atoms with van der Waals surface area (Å²) in [5.74, 6) is -0.389. The topological polar surface area (TPSA) is 84.1 Å². The molecular formula is C11H17N5O. The molecule has 92 valence electrons. The lowest BCUT2D eigenvalue weighted by atomic mass is 9.94. The normalized spacial score (nSPS) is 20.8. The number of nitrogens with two attached hydrogens (primary N) is 1. The summed E-state index contributed by atoms with van der Waals surface area (Å²) < 4.78 is 0. The van der Waals surface area contributed by atoms with Crippen molar-refractivity contribution in [2.24, 2.45) is 5.73 Å². The molecule has 2 rings (SSSR count). The summed E-state index contributed by atoms with van der Waals surface area (Å²) in [6, 6.07) is 0. The number of carbonyl (C=O) groups is 1. The number of hydrogen-bond donors (Lipinski definition) is 2. The van der Waals surface area contributed by atoms with E-state index in [1.807, 2.05) is 6.92 Å². The van der Waals surface area contributed by atoms with Crippen LogP contribution in [0.1, 0.15) is 12.6 Å². The standard InChI is InChI=1S/C11H17N5O/c1-11(10(12)17,9-8-14-2-3-15-9)16-6-4-13-5-7-16/h2-3,8,13H,4-7H2,1H3,(H2,12,17). The van der Waals surface area contributed by atoms with Crippen LogP contribution in [0.25, 0.3) is 0 Å². The van der Waals surface area contributed by atoms with Gasteiger partial charge in [0.25, 0.3) is 0 Å². The maximum Gasteiger partial charge on any atom is 0.243 e. The number of amides is 1. The third kappa shape index (κ3) is 2.13. The minimum Gasteiger partial charge on any atom is -0.368 e. The van der Waals surface area contributed by atoms with E-state index in [1.54, 1.807) is 18.6 Å². The van der Waals surface area contributed by atoms with Gasteiger partial charge in [0.15, 0.2) is 0 Å². The van der Waals surface area contributed by atoms with Gasteiger partial charge in [0.2, 0.25) is 5.91 Å². The van der Waals surface area contributed by atoms with E-state index in [4.69, 9.17) is 5.73 Å². The Labute approximate surface area is 100 Å². The fraction of sp³-hybridized carbons (Fsp3) is 0.545. The lowest BCUT2D eigenvalue weighted by Crippen LogP contribution is -2.59. The first-order valence-corrected chi connectivity index (χ1v) is 5.68. The van der Waals surface area contributed by atoms with Gasteiger partial charge in [0, 0.05) is 38.6 Å². The maximum absolute atomic E-state index is 11.8. The number of carbonyl (C=O) groups excluding carboxylic acids is 1. The Morgan fingerprint density at radius 2 is 2.18 bits per heavy atom. The Morgan fingerprint density at radius 1 is 1.47 bits per heavy atom. The quantitative estimate of drug-likeness (QED) is 0.708. The van der Waals surface area contributed by atoms with Gasteiger partial charge >= 0.3 is 0 Å². The van der Waals surface area contributed by atoms with Gasteiger partial charge in [-0.2, -0.15) is 0 Å². The van der Waals surface area contributed by atoms with E-state index in [0.717, 1.165) is 26.2 Å². The van der Waals surface area contributed by atoms with Crippen molar-refractivity contribution in [3.8, 4) is 0 Å². The van der Waals surface area contributed by atoms with Gasteiger partial charge in [-0.25, -0.2) is 0 Å². The molecule has 0 saturated carbocycles. The summed E-state index contributed by atoms with van der Waals surface area (Å²) in [5.41, 5.74) is 5.29. The van der Waals surface area contributed by atoms with Crippen LogP contribution in [0.15, 0.2) is 18.6 Å². The molecule has 1 amide bonds. The predicted octanol–water partition coefficient (Wildman–Crippen LogP) is -0.918. The molecule has 0 bridgehead atoms. The van der Waals surface area contributed by atoms with Crippen molar-refractivity contribution in [2.45, 2.75) is 12.5 Å². The zero-order valence-electron chi connectivity index (χ0n) is 9.89. The molecule has 1 fully saturated rings. The molecule has 0 radical (unpaired) electrons. The van der Waals surface area contributed by atoms with E-state index in [0.29, 0.717) is 5.69 Å². The largest absolute Gasteiger partial charge is 0.368 e. The first-order chi connectivity index (χ1) is 8.15. The number of aromatic nitrogens is 2. The van der Waals surface area contributed by atoms with Crippen LogP contribution in [-0.2, 0) is 10.3 Å². The van der Waals surface area contributed by atoms with E-state index in [2.05, 4.69) is 20.2 Å². The molecule has 1 atom stereocenters. The Bertz CT molecular complexity index is 390. The van der Waals surface area contributed by atoms with Crippen LogP contribution in [0.2, 0.25) is 0 Å². The van der Waals surface area contributed by atoms with Crippen LogP contribution in [0.3, 0.4) is 0 Å². The second kappa shape index (κ2) is 4.77. The summed E-state index contributed by atoms with van der Waals surface area (Å²) in [6.07, 6.45) is 4.77. The van der Waals surface area contributed by atoms with Crippen LogP contribution in [0, 0.1) is 0 Å². The van der Waals surface area contributed by atoms with E-state index >= 15 is 0 Å². The molecule has 6 heteroatoms. The summed E-state index contributed by atoms with van der Waals surface area (Å²) in [6.45, 7) is 5.06. The van der Waals surface area contributed by atoms with Crippen LogP contribution >= 0.6 is 0 Å². The SMILES string of the molecule is CC(C(N)=O)(c1cnccn1)N1CCNCC1. The lowest BCUT2D eigenvalue weighted by Gasteiger charge is -2.40. The van der Waals surface area contributed by atoms with Crippen molar-refractivity contribution < 1.29 is 4.79 Å². The van der Waals surface area contributed by atoms with Crippen molar-refractivity contribution in [1.82, 2.24) is 20.2 Å². The fourth-order valence-corrected chi connectivity index (χ4v) is 2.11. The smallest absolute Gasteiger partial charge is 0.243 e. The first-order valence-electron chi connectivity index (χ1n) is 5.68. The highest BCUT2D eigenvalue weighted by Crippen LogP contribution is 2.26. The molecule has 1 unspecified atom stereocenters. The number of rotatable bonds is 3. The number of primary amides is 1. The minimum absolute atomic E-state index is 0.389. The van der Waals surface area contributed by atoms with Crippen molar-refractivity contribution in [1.29, 1.82) is 0 Å². The average Bonchev–Trinajstić information content (AvgIpc) is 2.39.